The molecular formula is C3H6N4O3. The molecule has 1 aliphatic heterocycles. The van der Waals surface area contributed by atoms with Gasteiger partial charge in [0.25, 0.3) is 6.35 Å². The molecule has 10 heavy (non-hydrogen) atoms. The molecule has 7 nitrogen and oxygen atoms in total. The van der Waals surface area contributed by atoms with Crippen molar-refractivity contribution in [3.8, 4) is 0 Å². The number of nitrogens with one attached hydrogen (secondary N) is 2. The zero-order chi connectivity index (χ0) is 7.40. The first-order chi connectivity index (χ1) is 4.79. The fourth-order valence-corrected chi connectivity index (χ4v) is 0.494. The summed E-state index contributed by atoms with van der Waals surface area (Å²) in [6, 6.07) is 0. The molecule has 2 N–H and O–H groups in total. The molecule has 0 spiro atoms. The highest BCUT2D eigenvalue weighted by molar-refractivity contribution is 5.54. The van der Waals surface area contributed by atoms with Gasteiger partial charge in [0.15, 0.2) is 5.03 Å². The van der Waals surface area contributed by atoms with E-state index in [-0.39, 0.29) is 6.73 Å². The van der Waals surface area contributed by atoms with Crippen LogP contribution in [-0.4, -0.2) is 24.5 Å². The van der Waals surface area contributed by atoms with Gasteiger partial charge < -0.3 is 10.1 Å². The van der Waals surface area contributed by atoms with Crippen molar-refractivity contribution in [2.45, 2.75) is 6.35 Å². The molecule has 0 saturated heterocycles. The summed E-state index contributed by atoms with van der Waals surface area (Å²) in [6.45, 7) is 0.137. The summed E-state index contributed by atoms with van der Waals surface area (Å²) < 4.78 is 4.73. The standard InChI is InChI=1S/C3H6N4O3/c8-7(9)6-3-5-1-4-2-10-3/h1,3,6H,2H2,(H,4,5). The van der Waals surface area contributed by atoms with Crippen LogP contribution in [0.5, 0.6) is 0 Å². The van der Waals surface area contributed by atoms with E-state index in [0.717, 1.165) is 0 Å². The van der Waals surface area contributed by atoms with Gasteiger partial charge in [0.2, 0.25) is 0 Å². The normalized spacial score (nSPS) is 23.4. The molecule has 0 bridgehead atoms. The topological polar surface area (TPSA) is 88.8 Å². The largest absolute Gasteiger partial charge is 0.330 e. The molecule has 1 unspecified atom stereocenters. The van der Waals surface area contributed by atoms with Crippen LogP contribution in [0, 0.1) is 10.1 Å². The predicted molar refractivity (Wildman–Crippen MR) is 31.5 cm³/mol. The van der Waals surface area contributed by atoms with E-state index in [4.69, 9.17) is 4.74 Å². The van der Waals surface area contributed by atoms with Gasteiger partial charge in [-0.05, 0) is 0 Å². The van der Waals surface area contributed by atoms with Gasteiger partial charge >= 0.3 is 0 Å². The number of ether oxygens (including phenoxy) is 1. The van der Waals surface area contributed by atoms with Crippen molar-refractivity contribution in [1.82, 2.24) is 10.7 Å². The number of rotatable bonds is 2. The number of nitrogens with zero attached hydrogens (tertiary/aromatic N) is 2. The average Bonchev–Trinajstić information content (AvgIpc) is 1.88. The SMILES string of the molecule is O=[N+]([O-])NC1NC=NCO1. The first kappa shape index (κ1) is 6.75. The maximum Gasteiger partial charge on any atom is 0.262 e. The Morgan fingerprint density at radius 3 is 3.30 bits per heavy atom. The maximum atomic E-state index is 9.80. The van der Waals surface area contributed by atoms with E-state index in [1.165, 1.54) is 6.34 Å². The highest BCUT2D eigenvalue weighted by Gasteiger charge is 2.12. The smallest absolute Gasteiger partial charge is 0.262 e. The van der Waals surface area contributed by atoms with Crippen molar-refractivity contribution in [3.63, 3.8) is 0 Å². The molecule has 0 saturated carbocycles. The summed E-state index contributed by atoms with van der Waals surface area (Å²) in [5.74, 6) is 0. The fourth-order valence-electron chi connectivity index (χ4n) is 0.494. The maximum absolute atomic E-state index is 9.80. The van der Waals surface area contributed by atoms with Gasteiger partial charge in [-0.3, -0.25) is 0 Å². The molecule has 0 aromatic carbocycles. The van der Waals surface area contributed by atoms with Crippen LogP contribution < -0.4 is 10.7 Å². The zero-order valence-corrected chi connectivity index (χ0v) is 4.98. The Balaban J connectivity index is 2.28. The molecule has 1 aliphatic rings. The minimum absolute atomic E-state index is 0.137. The quantitative estimate of drug-likeness (QED) is 0.371. The van der Waals surface area contributed by atoms with Crippen LogP contribution in [0.15, 0.2) is 4.99 Å². The lowest BCUT2D eigenvalue weighted by molar-refractivity contribution is -0.562. The van der Waals surface area contributed by atoms with Crippen LogP contribution in [0.4, 0.5) is 0 Å². The minimum Gasteiger partial charge on any atom is -0.330 e. The third-order valence-corrected chi connectivity index (χ3v) is 0.856. The van der Waals surface area contributed by atoms with Gasteiger partial charge in [-0.25, -0.2) is 15.1 Å². The van der Waals surface area contributed by atoms with Crippen molar-refractivity contribution in [2.75, 3.05) is 6.73 Å². The molecule has 0 radical (unpaired) electrons. The van der Waals surface area contributed by atoms with Gasteiger partial charge in [-0.2, -0.15) is 0 Å². The van der Waals surface area contributed by atoms with Crippen LogP contribution in [0.1, 0.15) is 0 Å². The molecule has 1 rings (SSSR count). The van der Waals surface area contributed by atoms with Crippen LogP contribution in [-0.2, 0) is 4.74 Å². The Morgan fingerprint density at radius 2 is 2.80 bits per heavy atom. The molecule has 0 aromatic heterocycles. The van der Waals surface area contributed by atoms with Gasteiger partial charge in [-0.15, -0.1) is 0 Å². The molecule has 0 amide bonds. The number of aliphatic imine (C=N–C) groups is 1. The Kier molecular flexibility index (Phi) is 2.00. The minimum atomic E-state index is -0.771. The molecule has 0 aromatic rings. The second-order valence-corrected chi connectivity index (χ2v) is 1.54. The van der Waals surface area contributed by atoms with E-state index >= 15 is 0 Å². The van der Waals surface area contributed by atoms with Crippen molar-refractivity contribution >= 4 is 6.34 Å². The first-order valence-corrected chi connectivity index (χ1v) is 2.55. The molecule has 0 aliphatic carbocycles. The van der Waals surface area contributed by atoms with E-state index in [9.17, 15) is 10.1 Å². The summed E-state index contributed by atoms with van der Waals surface area (Å²) >= 11 is 0. The van der Waals surface area contributed by atoms with Gasteiger partial charge in [0.05, 0.1) is 6.34 Å². The number of hydrogen-bond acceptors (Lipinski definition) is 5. The third-order valence-electron chi connectivity index (χ3n) is 0.856. The molecular weight excluding hydrogens is 140 g/mol. The summed E-state index contributed by atoms with van der Waals surface area (Å²) in [4.78, 5) is 13.4. The van der Waals surface area contributed by atoms with Gasteiger partial charge in [0, 0.05) is 0 Å². The van der Waals surface area contributed by atoms with E-state index in [1.54, 1.807) is 0 Å². The second kappa shape index (κ2) is 2.97. The van der Waals surface area contributed by atoms with E-state index in [0.29, 0.717) is 0 Å². The Labute approximate surface area is 56.2 Å². The Hall–Kier alpha value is -1.37. The van der Waals surface area contributed by atoms with E-state index in [2.05, 4.69) is 10.3 Å². The number of nitro groups is 1. The predicted octanol–water partition coefficient (Wildman–Crippen LogP) is -1.34. The summed E-state index contributed by atoms with van der Waals surface area (Å²) in [5.41, 5.74) is 1.88. The first-order valence-electron chi connectivity index (χ1n) is 2.55. The van der Waals surface area contributed by atoms with Crippen molar-refractivity contribution in [2.24, 2.45) is 4.99 Å². The van der Waals surface area contributed by atoms with Crippen molar-refractivity contribution in [1.29, 1.82) is 0 Å². The fraction of sp³-hybridized carbons (Fsp3) is 0.667. The molecule has 56 valence electrons. The summed E-state index contributed by atoms with van der Waals surface area (Å²) in [7, 11) is 0. The van der Waals surface area contributed by atoms with Crippen molar-refractivity contribution in [3.05, 3.63) is 10.1 Å². The lowest BCUT2D eigenvalue weighted by atomic mass is 10.8. The highest BCUT2D eigenvalue weighted by atomic mass is 16.7. The highest BCUT2D eigenvalue weighted by Crippen LogP contribution is 1.86. The van der Waals surface area contributed by atoms with E-state index < -0.39 is 11.4 Å². The lowest BCUT2D eigenvalue weighted by Gasteiger charge is -2.15. The third kappa shape index (κ3) is 1.86. The van der Waals surface area contributed by atoms with Crippen molar-refractivity contribution < 1.29 is 9.77 Å². The molecule has 1 atom stereocenters. The molecule has 1 heterocycles. The van der Waals surface area contributed by atoms with Crippen LogP contribution in [0.25, 0.3) is 0 Å². The van der Waals surface area contributed by atoms with Gasteiger partial charge in [-0.1, -0.05) is 5.43 Å². The Morgan fingerprint density at radius 1 is 2.00 bits per heavy atom. The zero-order valence-electron chi connectivity index (χ0n) is 4.98. The number of hydrogen-bond donors (Lipinski definition) is 2. The summed E-state index contributed by atoms with van der Waals surface area (Å²) in [6.07, 6.45) is 0.581. The lowest BCUT2D eigenvalue weighted by Crippen LogP contribution is -2.48. The van der Waals surface area contributed by atoms with Crippen LogP contribution in [0.3, 0.4) is 0 Å². The molecule has 7 heteroatoms. The van der Waals surface area contributed by atoms with E-state index in [1.807, 2.05) is 5.43 Å². The number of hydrazine groups is 1. The average molecular weight is 146 g/mol. The monoisotopic (exact) mass is 146 g/mol. The van der Waals surface area contributed by atoms with Crippen LogP contribution >= 0.6 is 0 Å². The summed E-state index contributed by atoms with van der Waals surface area (Å²) in [5, 5.41) is 11.6. The Bertz CT molecular complexity index is 158. The van der Waals surface area contributed by atoms with Crippen LogP contribution in [0.2, 0.25) is 0 Å². The molecule has 0 fully saturated rings. The van der Waals surface area contributed by atoms with Gasteiger partial charge in [0.1, 0.15) is 6.73 Å². The second-order valence-electron chi connectivity index (χ2n) is 1.54.